The third kappa shape index (κ3) is 3.52. The number of rotatable bonds is 5. The van der Waals surface area contributed by atoms with E-state index in [9.17, 15) is 4.79 Å². The summed E-state index contributed by atoms with van der Waals surface area (Å²) in [6.07, 6.45) is 4.65. The van der Waals surface area contributed by atoms with Gasteiger partial charge in [-0.25, -0.2) is 0 Å². The molecule has 7 heteroatoms. The molecule has 0 unspecified atom stereocenters. The van der Waals surface area contributed by atoms with E-state index in [1.165, 1.54) is 10.4 Å². The Morgan fingerprint density at radius 2 is 2.17 bits per heavy atom. The summed E-state index contributed by atoms with van der Waals surface area (Å²) in [6, 6.07) is 0. The zero-order valence-electron chi connectivity index (χ0n) is 14.2. The summed E-state index contributed by atoms with van der Waals surface area (Å²) in [4.78, 5) is 16.0. The van der Waals surface area contributed by atoms with Crippen LogP contribution in [0.5, 0.6) is 0 Å². The van der Waals surface area contributed by atoms with Crippen molar-refractivity contribution in [3.8, 4) is 0 Å². The number of aryl methyl sites for hydroxylation is 1. The van der Waals surface area contributed by atoms with Crippen molar-refractivity contribution in [3.63, 3.8) is 0 Å². The third-order valence-corrected chi connectivity index (χ3v) is 5.74. The van der Waals surface area contributed by atoms with E-state index in [2.05, 4.69) is 24.2 Å². The van der Waals surface area contributed by atoms with Crippen LogP contribution in [0.4, 0.5) is 0 Å². The molecule has 3 heterocycles. The van der Waals surface area contributed by atoms with E-state index in [0.29, 0.717) is 11.6 Å². The van der Waals surface area contributed by atoms with E-state index >= 15 is 0 Å². The summed E-state index contributed by atoms with van der Waals surface area (Å²) in [5.41, 5.74) is 2.69. The fourth-order valence-electron chi connectivity index (χ4n) is 3.35. The molecular weight excluding hydrogens is 324 g/mol. The van der Waals surface area contributed by atoms with Gasteiger partial charge in [-0.05, 0) is 37.7 Å². The first-order valence-corrected chi connectivity index (χ1v) is 9.36. The first kappa shape index (κ1) is 17.1. The Labute approximate surface area is 146 Å². The quantitative estimate of drug-likeness (QED) is 0.900. The molecule has 0 aliphatic carbocycles. The molecule has 130 valence electrons. The van der Waals surface area contributed by atoms with E-state index in [1.54, 1.807) is 22.2 Å². The molecule has 1 aliphatic heterocycles. The van der Waals surface area contributed by atoms with Gasteiger partial charge in [0.1, 0.15) is 5.69 Å². The van der Waals surface area contributed by atoms with Crippen LogP contribution in [0.25, 0.3) is 0 Å². The highest BCUT2D eigenvalue weighted by atomic mass is 32.1. The Balaban J connectivity index is 1.57. The van der Waals surface area contributed by atoms with Crippen LogP contribution < -0.4 is 0 Å². The highest BCUT2D eigenvalue weighted by Gasteiger charge is 2.26. The summed E-state index contributed by atoms with van der Waals surface area (Å²) in [6.45, 7) is 6.51. The molecular formula is C17H24N4O2S. The van der Waals surface area contributed by atoms with Crippen LogP contribution in [0, 0.1) is 12.8 Å². The molecule has 0 saturated carbocycles. The predicted octanol–water partition coefficient (Wildman–Crippen LogP) is 2.26. The van der Waals surface area contributed by atoms with Crippen molar-refractivity contribution in [1.82, 2.24) is 19.9 Å². The maximum atomic E-state index is 12.8. The van der Waals surface area contributed by atoms with Crippen LogP contribution in [0.1, 0.15) is 46.3 Å². The number of hydrogen-bond acceptors (Lipinski definition) is 5. The Hall–Kier alpha value is -1.73. The third-order valence-electron chi connectivity index (χ3n) is 4.78. The minimum atomic E-state index is -0.0766. The molecule has 1 amide bonds. The van der Waals surface area contributed by atoms with Gasteiger partial charge in [0.25, 0.3) is 5.91 Å². The molecule has 3 rings (SSSR count). The van der Waals surface area contributed by atoms with E-state index in [0.717, 1.165) is 44.5 Å². The fourth-order valence-corrected chi connectivity index (χ4v) is 4.29. The average Bonchev–Trinajstić information content (AvgIpc) is 3.21. The molecule has 6 nitrogen and oxygen atoms in total. The molecule has 2 aromatic rings. The molecule has 0 radical (unpaired) electrons. The van der Waals surface area contributed by atoms with Gasteiger partial charge in [0.2, 0.25) is 0 Å². The van der Waals surface area contributed by atoms with Crippen molar-refractivity contribution in [2.24, 2.45) is 5.92 Å². The van der Waals surface area contributed by atoms with E-state index in [1.807, 2.05) is 10.3 Å². The number of likely N-dealkylation sites (tertiary alicyclic amines) is 1. The van der Waals surface area contributed by atoms with Gasteiger partial charge in [-0.2, -0.15) is 0 Å². The number of hydrogen-bond donors (Lipinski definition) is 1. The number of aliphatic hydroxyl groups is 1. The van der Waals surface area contributed by atoms with Gasteiger partial charge in [-0.15, -0.1) is 16.4 Å². The lowest BCUT2D eigenvalue weighted by Gasteiger charge is -2.32. The number of thiophene rings is 1. The van der Waals surface area contributed by atoms with E-state index in [4.69, 9.17) is 5.11 Å². The largest absolute Gasteiger partial charge is 0.390 e. The zero-order valence-corrected chi connectivity index (χ0v) is 15.1. The standard InChI is InChI=1S/C17H24N4O2S/c1-3-15-12(2)24-11-16(15)17(23)20-6-4-13(5-7-20)8-21-9-14(10-22)18-19-21/h9,11,13,22H,3-8,10H2,1-2H3. The number of piperidine rings is 1. The van der Waals surface area contributed by atoms with Gasteiger partial charge >= 0.3 is 0 Å². The smallest absolute Gasteiger partial charge is 0.254 e. The van der Waals surface area contributed by atoms with Crippen LogP contribution in [0.2, 0.25) is 0 Å². The number of carbonyl (C=O) groups is 1. The highest BCUT2D eigenvalue weighted by Crippen LogP contribution is 2.26. The topological polar surface area (TPSA) is 71.2 Å². The van der Waals surface area contributed by atoms with Gasteiger partial charge in [0.05, 0.1) is 18.4 Å². The van der Waals surface area contributed by atoms with Crippen LogP contribution in [-0.2, 0) is 19.6 Å². The molecule has 2 aromatic heterocycles. The summed E-state index contributed by atoms with van der Waals surface area (Å²) in [7, 11) is 0. The monoisotopic (exact) mass is 348 g/mol. The summed E-state index contributed by atoms with van der Waals surface area (Å²) < 4.78 is 1.80. The predicted molar refractivity (Wildman–Crippen MR) is 93.0 cm³/mol. The number of carbonyl (C=O) groups excluding carboxylic acids is 1. The van der Waals surface area contributed by atoms with Crippen LogP contribution in [0.15, 0.2) is 11.6 Å². The summed E-state index contributed by atoms with van der Waals surface area (Å²) in [5.74, 6) is 0.676. The molecule has 1 saturated heterocycles. The van der Waals surface area contributed by atoms with Gasteiger partial charge < -0.3 is 10.0 Å². The normalized spacial score (nSPS) is 15.9. The van der Waals surface area contributed by atoms with E-state index in [-0.39, 0.29) is 12.5 Å². The van der Waals surface area contributed by atoms with Crippen molar-refractivity contribution < 1.29 is 9.90 Å². The fraction of sp³-hybridized carbons (Fsp3) is 0.588. The maximum absolute atomic E-state index is 12.8. The molecule has 0 bridgehead atoms. The highest BCUT2D eigenvalue weighted by molar-refractivity contribution is 7.10. The van der Waals surface area contributed by atoms with Crippen LogP contribution in [0.3, 0.4) is 0 Å². The zero-order chi connectivity index (χ0) is 17.1. The van der Waals surface area contributed by atoms with Crippen molar-refractivity contribution in [3.05, 3.63) is 33.3 Å². The molecule has 0 spiro atoms. The first-order valence-electron chi connectivity index (χ1n) is 8.48. The minimum absolute atomic E-state index is 0.0766. The Morgan fingerprint density at radius 1 is 1.42 bits per heavy atom. The minimum Gasteiger partial charge on any atom is -0.390 e. The lowest BCUT2D eigenvalue weighted by atomic mass is 9.96. The maximum Gasteiger partial charge on any atom is 0.254 e. The number of aliphatic hydroxyl groups excluding tert-OH is 1. The Kier molecular flexibility index (Phi) is 5.30. The summed E-state index contributed by atoms with van der Waals surface area (Å²) in [5, 5.41) is 19.0. The number of nitrogens with zero attached hydrogens (tertiary/aromatic N) is 4. The second-order valence-corrected chi connectivity index (χ2v) is 7.45. The van der Waals surface area contributed by atoms with Crippen molar-refractivity contribution in [1.29, 1.82) is 0 Å². The SMILES string of the molecule is CCc1c(C(=O)N2CCC(Cn3cc(CO)nn3)CC2)csc1C. The van der Waals surface area contributed by atoms with Gasteiger partial charge in [0.15, 0.2) is 0 Å². The molecule has 1 aliphatic rings. The lowest BCUT2D eigenvalue weighted by Crippen LogP contribution is -2.39. The van der Waals surface area contributed by atoms with Gasteiger partial charge in [-0.3, -0.25) is 9.48 Å². The van der Waals surface area contributed by atoms with Gasteiger partial charge in [0, 0.05) is 29.9 Å². The lowest BCUT2D eigenvalue weighted by molar-refractivity contribution is 0.0680. The van der Waals surface area contributed by atoms with Crippen molar-refractivity contribution in [2.45, 2.75) is 46.3 Å². The van der Waals surface area contributed by atoms with Crippen LogP contribution in [-0.4, -0.2) is 44.0 Å². The molecule has 0 atom stereocenters. The molecule has 1 N–H and O–H groups in total. The summed E-state index contributed by atoms with van der Waals surface area (Å²) >= 11 is 1.67. The molecule has 1 fully saturated rings. The first-order chi connectivity index (χ1) is 11.6. The van der Waals surface area contributed by atoms with Crippen molar-refractivity contribution >= 4 is 17.2 Å². The van der Waals surface area contributed by atoms with Crippen LogP contribution >= 0.6 is 11.3 Å². The van der Waals surface area contributed by atoms with E-state index < -0.39 is 0 Å². The van der Waals surface area contributed by atoms with Gasteiger partial charge in [-0.1, -0.05) is 12.1 Å². The average molecular weight is 348 g/mol. The number of aromatic nitrogens is 3. The number of amides is 1. The van der Waals surface area contributed by atoms with Crippen molar-refractivity contribution in [2.75, 3.05) is 13.1 Å². The second kappa shape index (κ2) is 7.44. The second-order valence-electron chi connectivity index (χ2n) is 6.36. The Morgan fingerprint density at radius 3 is 2.79 bits per heavy atom. The molecule has 0 aromatic carbocycles. The Bertz CT molecular complexity index is 701. The molecule has 24 heavy (non-hydrogen) atoms.